The van der Waals surface area contributed by atoms with Gasteiger partial charge in [-0.2, -0.15) is 4.98 Å². The van der Waals surface area contributed by atoms with E-state index >= 15 is 0 Å². The molecule has 0 bridgehead atoms. The SMILES string of the molecule is CCc1nc(N)nc(N)c1-c1ccc(Cl)c(N=NN(C(C)(C)C)C(C)(C)C)c1. The number of nitrogens with two attached hydrogens (primary N) is 2. The summed E-state index contributed by atoms with van der Waals surface area (Å²) in [6, 6.07) is 5.50. The van der Waals surface area contributed by atoms with Crippen molar-refractivity contribution in [2.24, 2.45) is 10.3 Å². The van der Waals surface area contributed by atoms with Crippen LogP contribution in [-0.2, 0) is 6.42 Å². The minimum Gasteiger partial charge on any atom is -0.383 e. The van der Waals surface area contributed by atoms with Crippen molar-refractivity contribution in [3.8, 4) is 11.1 Å². The Bertz CT molecular complexity index is 865. The van der Waals surface area contributed by atoms with Gasteiger partial charge in [0.15, 0.2) is 0 Å². The number of anilines is 2. The molecule has 0 saturated carbocycles. The van der Waals surface area contributed by atoms with Crippen molar-refractivity contribution >= 4 is 29.1 Å². The number of aromatic nitrogens is 2. The van der Waals surface area contributed by atoms with Gasteiger partial charge >= 0.3 is 0 Å². The van der Waals surface area contributed by atoms with E-state index in [9.17, 15) is 0 Å². The summed E-state index contributed by atoms with van der Waals surface area (Å²) < 4.78 is 0. The standard InChI is InChI=1S/C20H30ClN7/c1-8-14-16(17(22)25-18(23)24-14)12-9-10-13(21)15(11-12)26-27-28(19(2,3)4)20(5,6)7/h9-11H,8H2,1-7H3,(H4,22,23,24,25). The van der Waals surface area contributed by atoms with E-state index in [0.29, 0.717) is 22.9 Å². The van der Waals surface area contributed by atoms with E-state index < -0.39 is 0 Å². The monoisotopic (exact) mass is 403 g/mol. The van der Waals surface area contributed by atoms with Gasteiger partial charge in [0.1, 0.15) is 11.5 Å². The largest absolute Gasteiger partial charge is 0.383 e. The summed E-state index contributed by atoms with van der Waals surface area (Å²) in [6.07, 6.45) is 0.674. The van der Waals surface area contributed by atoms with E-state index in [0.717, 1.165) is 16.8 Å². The van der Waals surface area contributed by atoms with Gasteiger partial charge in [-0.25, -0.2) is 4.98 Å². The van der Waals surface area contributed by atoms with Gasteiger partial charge < -0.3 is 11.5 Å². The molecule has 152 valence electrons. The maximum atomic E-state index is 6.38. The lowest BCUT2D eigenvalue weighted by Crippen LogP contribution is -2.48. The zero-order valence-corrected chi connectivity index (χ0v) is 18.5. The molecule has 0 radical (unpaired) electrons. The third kappa shape index (κ3) is 4.90. The molecule has 7 nitrogen and oxygen atoms in total. The van der Waals surface area contributed by atoms with Crippen LogP contribution in [0.4, 0.5) is 17.5 Å². The van der Waals surface area contributed by atoms with Gasteiger partial charge in [0.25, 0.3) is 0 Å². The highest BCUT2D eigenvalue weighted by Gasteiger charge is 2.30. The second-order valence-corrected chi connectivity index (χ2v) is 9.06. The molecule has 0 fully saturated rings. The Morgan fingerprint density at radius 3 is 2.18 bits per heavy atom. The van der Waals surface area contributed by atoms with Gasteiger partial charge in [-0.05, 0) is 65.7 Å². The highest BCUT2D eigenvalue weighted by molar-refractivity contribution is 6.33. The molecule has 0 aliphatic carbocycles. The minimum absolute atomic E-state index is 0.165. The van der Waals surface area contributed by atoms with Crippen LogP contribution in [0, 0.1) is 0 Å². The predicted molar refractivity (Wildman–Crippen MR) is 117 cm³/mol. The fourth-order valence-corrected chi connectivity index (χ4v) is 3.38. The van der Waals surface area contributed by atoms with Crippen LogP contribution in [0.1, 0.15) is 54.2 Å². The molecule has 0 atom stereocenters. The zero-order chi connectivity index (χ0) is 21.3. The Kier molecular flexibility index (Phi) is 6.18. The number of nitrogens with zero attached hydrogens (tertiary/aromatic N) is 5. The minimum atomic E-state index is -0.198. The third-order valence-corrected chi connectivity index (χ3v) is 4.43. The van der Waals surface area contributed by atoms with E-state index in [1.165, 1.54) is 0 Å². The van der Waals surface area contributed by atoms with Gasteiger partial charge in [-0.1, -0.05) is 29.8 Å². The Labute approximate surface area is 172 Å². The first-order chi connectivity index (χ1) is 12.8. The van der Waals surface area contributed by atoms with Crippen LogP contribution in [0.5, 0.6) is 0 Å². The molecule has 0 spiro atoms. The van der Waals surface area contributed by atoms with Crippen LogP contribution in [0.2, 0.25) is 5.02 Å². The number of hydrogen-bond donors (Lipinski definition) is 2. The summed E-state index contributed by atoms with van der Waals surface area (Å²) in [5.41, 5.74) is 14.4. The highest BCUT2D eigenvalue weighted by Crippen LogP contribution is 2.36. The number of halogens is 1. The average molecular weight is 404 g/mol. The maximum Gasteiger partial charge on any atom is 0.222 e. The molecule has 0 aliphatic heterocycles. The van der Waals surface area contributed by atoms with Gasteiger partial charge in [0, 0.05) is 5.56 Å². The molecule has 1 aromatic heterocycles. The van der Waals surface area contributed by atoms with Crippen molar-refractivity contribution in [3.63, 3.8) is 0 Å². The van der Waals surface area contributed by atoms with Gasteiger partial charge in [0.2, 0.25) is 5.95 Å². The summed E-state index contributed by atoms with van der Waals surface area (Å²) in [4.78, 5) is 8.41. The Balaban J connectivity index is 2.53. The van der Waals surface area contributed by atoms with Crippen molar-refractivity contribution in [1.29, 1.82) is 0 Å². The second-order valence-electron chi connectivity index (χ2n) is 8.65. The van der Waals surface area contributed by atoms with Gasteiger partial charge in [0.05, 0.1) is 21.8 Å². The molecule has 4 N–H and O–H groups in total. The highest BCUT2D eigenvalue weighted by atomic mass is 35.5. The van der Waals surface area contributed by atoms with E-state index in [2.05, 4.69) is 61.8 Å². The fraction of sp³-hybridized carbons (Fsp3) is 0.500. The van der Waals surface area contributed by atoms with Crippen molar-refractivity contribution in [1.82, 2.24) is 15.0 Å². The average Bonchev–Trinajstić information content (AvgIpc) is 2.53. The Morgan fingerprint density at radius 2 is 1.64 bits per heavy atom. The van der Waals surface area contributed by atoms with Crippen LogP contribution < -0.4 is 11.5 Å². The predicted octanol–water partition coefficient (Wildman–Crippen LogP) is 5.42. The molecule has 0 amide bonds. The number of hydrogen-bond acceptors (Lipinski definition) is 6. The molecular formula is C20H30ClN7. The number of rotatable bonds is 4. The molecule has 1 heterocycles. The van der Waals surface area contributed by atoms with Crippen LogP contribution in [-0.4, -0.2) is 26.1 Å². The summed E-state index contributed by atoms with van der Waals surface area (Å²) in [7, 11) is 0. The molecule has 2 aromatic rings. The lowest BCUT2D eigenvalue weighted by Gasteiger charge is -2.41. The summed E-state index contributed by atoms with van der Waals surface area (Å²) >= 11 is 6.38. The second kappa shape index (κ2) is 7.91. The smallest absolute Gasteiger partial charge is 0.222 e. The Hall–Kier alpha value is -2.41. The normalized spacial score (nSPS) is 12.6. The number of benzene rings is 1. The first kappa shape index (κ1) is 21.9. The van der Waals surface area contributed by atoms with Crippen LogP contribution >= 0.6 is 11.6 Å². The zero-order valence-electron chi connectivity index (χ0n) is 17.7. The van der Waals surface area contributed by atoms with E-state index in [1.54, 1.807) is 6.07 Å². The molecule has 1 aromatic carbocycles. The fourth-order valence-electron chi connectivity index (χ4n) is 3.23. The number of aryl methyl sites for hydroxylation is 1. The lowest BCUT2D eigenvalue weighted by molar-refractivity contribution is 0.0326. The van der Waals surface area contributed by atoms with E-state index in [4.69, 9.17) is 23.1 Å². The summed E-state index contributed by atoms with van der Waals surface area (Å²) in [5, 5.41) is 11.4. The van der Waals surface area contributed by atoms with Crippen molar-refractivity contribution in [2.75, 3.05) is 11.5 Å². The molecule has 0 unspecified atom stereocenters. The lowest BCUT2D eigenvalue weighted by atomic mass is 9.99. The van der Waals surface area contributed by atoms with Crippen molar-refractivity contribution < 1.29 is 0 Å². The molecule has 0 aliphatic rings. The first-order valence-corrected chi connectivity index (χ1v) is 9.66. The third-order valence-electron chi connectivity index (χ3n) is 4.11. The molecule has 2 rings (SSSR count). The number of nitrogen functional groups attached to an aromatic ring is 2. The van der Waals surface area contributed by atoms with E-state index in [1.807, 2.05) is 24.1 Å². The molecular weight excluding hydrogens is 374 g/mol. The van der Waals surface area contributed by atoms with Gasteiger partial charge in [-0.15, -0.1) is 5.11 Å². The molecule has 0 saturated heterocycles. The molecule has 8 heteroatoms. The van der Waals surface area contributed by atoms with Crippen molar-refractivity contribution in [3.05, 3.63) is 28.9 Å². The Morgan fingerprint density at radius 1 is 1.04 bits per heavy atom. The van der Waals surface area contributed by atoms with Crippen LogP contribution in [0.3, 0.4) is 0 Å². The summed E-state index contributed by atoms with van der Waals surface area (Å²) in [6.45, 7) is 14.5. The van der Waals surface area contributed by atoms with E-state index in [-0.39, 0.29) is 17.0 Å². The van der Waals surface area contributed by atoms with Crippen molar-refractivity contribution in [2.45, 2.75) is 66.0 Å². The topological polar surface area (TPSA) is 106 Å². The van der Waals surface area contributed by atoms with Crippen LogP contribution in [0.15, 0.2) is 28.5 Å². The summed E-state index contributed by atoms with van der Waals surface area (Å²) in [5.74, 6) is 0.499. The maximum absolute atomic E-state index is 6.38. The quantitative estimate of drug-likeness (QED) is 0.523. The van der Waals surface area contributed by atoms with Gasteiger partial charge in [-0.3, -0.25) is 5.01 Å². The van der Waals surface area contributed by atoms with Crippen LogP contribution in [0.25, 0.3) is 11.1 Å². The first-order valence-electron chi connectivity index (χ1n) is 9.28. The molecule has 28 heavy (non-hydrogen) atoms.